The van der Waals surface area contributed by atoms with Gasteiger partial charge in [0.1, 0.15) is 5.52 Å². The summed E-state index contributed by atoms with van der Waals surface area (Å²) in [6, 6.07) is 14.3. The lowest BCUT2D eigenvalue weighted by molar-refractivity contribution is 0.486. The predicted molar refractivity (Wildman–Crippen MR) is 73.3 cm³/mol. The van der Waals surface area contributed by atoms with Crippen LogP contribution in [0.1, 0.15) is 0 Å². The highest BCUT2D eigenvalue weighted by atomic mass is 16.4. The van der Waals surface area contributed by atoms with Gasteiger partial charge in [0.2, 0.25) is 0 Å². The minimum absolute atomic E-state index is 0.0879. The van der Waals surface area contributed by atoms with Gasteiger partial charge in [0.15, 0.2) is 5.58 Å². The van der Waals surface area contributed by atoms with Gasteiger partial charge in [-0.05, 0) is 24.3 Å². The highest BCUT2D eigenvalue weighted by Crippen LogP contribution is 2.22. The van der Waals surface area contributed by atoms with E-state index >= 15 is 0 Å². The van der Waals surface area contributed by atoms with Crippen molar-refractivity contribution in [2.75, 3.05) is 0 Å². The van der Waals surface area contributed by atoms with Gasteiger partial charge in [-0.15, -0.1) is 0 Å². The number of benzene rings is 2. The maximum atomic E-state index is 11.9. The Morgan fingerprint density at radius 1 is 0.750 bits per heavy atom. The lowest BCUT2D eigenvalue weighted by Gasteiger charge is -1.96. The van der Waals surface area contributed by atoms with Crippen molar-refractivity contribution in [3.8, 4) is 11.8 Å². The summed E-state index contributed by atoms with van der Waals surface area (Å²) in [7, 11) is 0. The molecule has 5 nitrogen and oxygen atoms in total. The van der Waals surface area contributed by atoms with E-state index in [4.69, 9.17) is 8.83 Å². The first-order valence-corrected chi connectivity index (χ1v) is 6.07. The van der Waals surface area contributed by atoms with Crippen LogP contribution in [0.25, 0.3) is 33.8 Å². The largest absolute Gasteiger partial charge is 0.432 e. The van der Waals surface area contributed by atoms with Crippen LogP contribution in [0.2, 0.25) is 0 Å². The second-order valence-electron chi connectivity index (χ2n) is 4.31. The first-order valence-electron chi connectivity index (χ1n) is 6.07. The number of hydrogen-bond acceptors (Lipinski definition) is 5. The topological polar surface area (TPSA) is 69.1 Å². The van der Waals surface area contributed by atoms with E-state index < -0.39 is 5.63 Å². The van der Waals surface area contributed by atoms with E-state index in [1.165, 1.54) is 0 Å². The Kier molecular flexibility index (Phi) is 2.20. The second-order valence-corrected chi connectivity index (χ2v) is 4.31. The van der Waals surface area contributed by atoms with Crippen LogP contribution in [0.4, 0.5) is 0 Å². The lowest BCUT2D eigenvalue weighted by atomic mass is 10.2. The summed E-state index contributed by atoms with van der Waals surface area (Å²) in [4.78, 5) is 20.5. The van der Waals surface area contributed by atoms with Crippen LogP contribution in [-0.4, -0.2) is 9.97 Å². The number of fused-ring (bicyclic) bond motifs is 2. The summed E-state index contributed by atoms with van der Waals surface area (Å²) in [5.74, 6) is 0.291. The Morgan fingerprint density at radius 3 is 2.25 bits per heavy atom. The zero-order valence-corrected chi connectivity index (χ0v) is 10.2. The molecule has 4 aromatic rings. The SMILES string of the molecule is O=c1oc(-c2nc3ccccc3o2)nc2ccccc12. The lowest BCUT2D eigenvalue weighted by Crippen LogP contribution is -2.02. The normalized spacial score (nSPS) is 11.2. The van der Waals surface area contributed by atoms with Crippen molar-refractivity contribution in [3.63, 3.8) is 0 Å². The Morgan fingerprint density at radius 2 is 1.40 bits per heavy atom. The zero-order valence-electron chi connectivity index (χ0n) is 10.2. The van der Waals surface area contributed by atoms with Gasteiger partial charge in [0, 0.05) is 0 Å². The fraction of sp³-hybridized carbons (Fsp3) is 0. The number of nitrogens with zero attached hydrogens (tertiary/aromatic N) is 2. The Bertz CT molecular complexity index is 952. The smallest absolute Gasteiger partial charge is 0.347 e. The van der Waals surface area contributed by atoms with Gasteiger partial charge in [-0.3, -0.25) is 0 Å². The van der Waals surface area contributed by atoms with Gasteiger partial charge in [0.25, 0.3) is 11.8 Å². The maximum Gasteiger partial charge on any atom is 0.347 e. The first kappa shape index (κ1) is 10.9. The van der Waals surface area contributed by atoms with Crippen molar-refractivity contribution >= 4 is 22.0 Å². The molecule has 0 radical (unpaired) electrons. The summed E-state index contributed by atoms with van der Waals surface area (Å²) in [6.45, 7) is 0. The van der Waals surface area contributed by atoms with Gasteiger partial charge < -0.3 is 8.83 Å². The first-order chi connectivity index (χ1) is 9.81. The third kappa shape index (κ3) is 1.60. The van der Waals surface area contributed by atoms with E-state index in [1.54, 1.807) is 24.3 Å². The van der Waals surface area contributed by atoms with Gasteiger partial charge in [-0.2, -0.15) is 0 Å². The van der Waals surface area contributed by atoms with Crippen molar-refractivity contribution in [3.05, 3.63) is 59.0 Å². The second kappa shape index (κ2) is 4.03. The molecule has 5 heteroatoms. The fourth-order valence-corrected chi connectivity index (χ4v) is 2.07. The number of aromatic nitrogens is 2. The summed E-state index contributed by atoms with van der Waals surface area (Å²) in [5, 5.41) is 0.437. The van der Waals surface area contributed by atoms with Crippen LogP contribution in [0, 0.1) is 0 Å². The molecule has 2 aromatic carbocycles. The van der Waals surface area contributed by atoms with E-state index in [0.717, 1.165) is 0 Å². The molecule has 0 fully saturated rings. The maximum absolute atomic E-state index is 11.9. The molecular weight excluding hydrogens is 256 g/mol. The Balaban J connectivity index is 1.99. The molecule has 0 atom stereocenters. The van der Waals surface area contributed by atoms with Crippen LogP contribution in [0.5, 0.6) is 0 Å². The summed E-state index contributed by atoms with van der Waals surface area (Å²) in [6.07, 6.45) is 0. The molecule has 0 spiro atoms. The van der Waals surface area contributed by atoms with Crippen molar-refractivity contribution in [1.29, 1.82) is 0 Å². The van der Waals surface area contributed by atoms with Crippen LogP contribution in [-0.2, 0) is 0 Å². The minimum atomic E-state index is -0.451. The quantitative estimate of drug-likeness (QED) is 0.528. The van der Waals surface area contributed by atoms with Crippen LogP contribution in [0.3, 0.4) is 0 Å². The predicted octanol–water partition coefficient (Wildman–Crippen LogP) is 3.00. The number of para-hydroxylation sites is 3. The van der Waals surface area contributed by atoms with Crippen LogP contribution in [0.15, 0.2) is 62.2 Å². The molecule has 4 rings (SSSR count). The third-order valence-corrected chi connectivity index (χ3v) is 3.01. The standard InChI is InChI=1S/C15H8N2O3/c18-15-9-5-1-2-6-10(9)16-14(20-15)13-17-11-7-3-4-8-12(11)19-13/h1-8H. The zero-order chi connectivity index (χ0) is 13.5. The van der Waals surface area contributed by atoms with E-state index in [0.29, 0.717) is 22.0 Å². The van der Waals surface area contributed by atoms with Crippen LogP contribution >= 0.6 is 0 Å². The number of oxazole rings is 1. The fourth-order valence-electron chi connectivity index (χ4n) is 2.07. The molecule has 0 aliphatic heterocycles. The molecule has 96 valence electrons. The van der Waals surface area contributed by atoms with Crippen LogP contribution < -0.4 is 5.63 Å². The molecule has 0 N–H and O–H groups in total. The van der Waals surface area contributed by atoms with E-state index in [2.05, 4.69) is 9.97 Å². The van der Waals surface area contributed by atoms with Crippen molar-refractivity contribution < 1.29 is 8.83 Å². The van der Waals surface area contributed by atoms with Gasteiger partial charge in [-0.1, -0.05) is 24.3 Å². The van der Waals surface area contributed by atoms with E-state index in [9.17, 15) is 4.79 Å². The monoisotopic (exact) mass is 264 g/mol. The van der Waals surface area contributed by atoms with Crippen molar-refractivity contribution in [1.82, 2.24) is 9.97 Å². The highest BCUT2D eigenvalue weighted by Gasteiger charge is 2.14. The molecule has 2 heterocycles. The molecule has 0 bridgehead atoms. The average molecular weight is 264 g/mol. The van der Waals surface area contributed by atoms with E-state index in [1.807, 2.05) is 24.3 Å². The molecule has 0 amide bonds. The molecule has 0 saturated heterocycles. The summed E-state index contributed by atoms with van der Waals surface area (Å²) in [5.41, 5.74) is 1.43. The molecular formula is C15H8N2O3. The van der Waals surface area contributed by atoms with Gasteiger partial charge in [-0.25, -0.2) is 14.8 Å². The summed E-state index contributed by atoms with van der Waals surface area (Å²) < 4.78 is 10.7. The molecule has 0 saturated carbocycles. The Labute approximate surface area is 112 Å². The third-order valence-electron chi connectivity index (χ3n) is 3.01. The molecule has 0 aliphatic rings. The molecule has 20 heavy (non-hydrogen) atoms. The van der Waals surface area contributed by atoms with Gasteiger partial charge in [0.05, 0.1) is 10.9 Å². The van der Waals surface area contributed by atoms with E-state index in [-0.39, 0.29) is 11.8 Å². The number of rotatable bonds is 1. The minimum Gasteiger partial charge on any atom is -0.432 e. The molecule has 0 unspecified atom stereocenters. The molecule has 2 aromatic heterocycles. The summed E-state index contributed by atoms with van der Waals surface area (Å²) >= 11 is 0. The Hall–Kier alpha value is -2.95. The van der Waals surface area contributed by atoms with Crippen molar-refractivity contribution in [2.24, 2.45) is 0 Å². The number of hydrogen-bond donors (Lipinski definition) is 0. The van der Waals surface area contributed by atoms with Crippen molar-refractivity contribution in [2.45, 2.75) is 0 Å². The average Bonchev–Trinajstić information content (AvgIpc) is 2.91. The van der Waals surface area contributed by atoms with Gasteiger partial charge >= 0.3 is 5.63 Å². The highest BCUT2D eigenvalue weighted by molar-refractivity contribution is 5.79. The molecule has 0 aliphatic carbocycles.